The SMILES string of the molecule is CCCNC(=NCc1cc(OC)c(OC)c(OC)c1)Nc1ccc(OC(C)C)cc1.I. The minimum atomic E-state index is 0. The van der Waals surface area contributed by atoms with E-state index in [9.17, 15) is 0 Å². The van der Waals surface area contributed by atoms with Gasteiger partial charge in [0.25, 0.3) is 0 Å². The van der Waals surface area contributed by atoms with Crippen molar-refractivity contribution in [2.24, 2.45) is 4.99 Å². The smallest absolute Gasteiger partial charge is 0.203 e. The van der Waals surface area contributed by atoms with Gasteiger partial charge in [-0.15, -0.1) is 24.0 Å². The van der Waals surface area contributed by atoms with Crippen molar-refractivity contribution in [2.45, 2.75) is 39.8 Å². The fourth-order valence-corrected chi connectivity index (χ4v) is 2.81. The molecule has 0 aliphatic rings. The third-order valence-corrected chi connectivity index (χ3v) is 4.18. The number of aliphatic imine (C=N–C) groups is 1. The van der Waals surface area contributed by atoms with Gasteiger partial charge in [0.05, 0.1) is 34.0 Å². The summed E-state index contributed by atoms with van der Waals surface area (Å²) in [5.74, 6) is 3.33. The van der Waals surface area contributed by atoms with Crippen LogP contribution in [0.5, 0.6) is 23.0 Å². The van der Waals surface area contributed by atoms with E-state index in [0.717, 1.165) is 30.0 Å². The lowest BCUT2D eigenvalue weighted by Crippen LogP contribution is -2.31. The molecule has 8 heteroatoms. The van der Waals surface area contributed by atoms with Crippen molar-refractivity contribution in [2.75, 3.05) is 33.2 Å². The average Bonchev–Trinajstić information content (AvgIpc) is 2.75. The van der Waals surface area contributed by atoms with Crippen LogP contribution in [0.1, 0.15) is 32.8 Å². The molecule has 0 saturated heterocycles. The van der Waals surface area contributed by atoms with E-state index >= 15 is 0 Å². The fraction of sp³-hybridized carbons (Fsp3) is 0.435. The molecule has 0 aliphatic carbocycles. The first-order valence-corrected chi connectivity index (χ1v) is 10.1. The molecule has 31 heavy (non-hydrogen) atoms. The number of methoxy groups -OCH3 is 3. The Morgan fingerprint density at radius 3 is 2.06 bits per heavy atom. The molecule has 2 aromatic rings. The second-order valence-electron chi connectivity index (χ2n) is 6.94. The van der Waals surface area contributed by atoms with E-state index in [0.29, 0.717) is 29.8 Å². The molecule has 0 fully saturated rings. The van der Waals surface area contributed by atoms with Crippen LogP contribution in [0.3, 0.4) is 0 Å². The summed E-state index contributed by atoms with van der Waals surface area (Å²) in [6.07, 6.45) is 1.14. The van der Waals surface area contributed by atoms with E-state index in [4.69, 9.17) is 23.9 Å². The Hall–Kier alpha value is -2.36. The van der Waals surface area contributed by atoms with Crippen molar-refractivity contribution in [1.29, 1.82) is 0 Å². The Labute approximate surface area is 202 Å². The summed E-state index contributed by atoms with van der Waals surface area (Å²) in [6, 6.07) is 11.6. The maximum Gasteiger partial charge on any atom is 0.203 e. The first-order valence-electron chi connectivity index (χ1n) is 10.1. The van der Waals surface area contributed by atoms with Gasteiger partial charge in [0.1, 0.15) is 5.75 Å². The van der Waals surface area contributed by atoms with E-state index in [1.807, 2.05) is 50.2 Å². The number of hydrogen-bond donors (Lipinski definition) is 2. The van der Waals surface area contributed by atoms with Crippen molar-refractivity contribution in [3.05, 3.63) is 42.0 Å². The Balaban J connectivity index is 0.00000480. The van der Waals surface area contributed by atoms with Gasteiger partial charge >= 0.3 is 0 Å². The molecule has 7 nitrogen and oxygen atoms in total. The molecule has 2 aromatic carbocycles. The van der Waals surface area contributed by atoms with Gasteiger partial charge in [-0.05, 0) is 62.2 Å². The van der Waals surface area contributed by atoms with Crippen LogP contribution in [-0.2, 0) is 6.54 Å². The van der Waals surface area contributed by atoms with Gasteiger partial charge in [-0.2, -0.15) is 0 Å². The minimum Gasteiger partial charge on any atom is -0.493 e. The highest BCUT2D eigenvalue weighted by Crippen LogP contribution is 2.38. The summed E-state index contributed by atoms with van der Waals surface area (Å²) < 4.78 is 21.9. The lowest BCUT2D eigenvalue weighted by Gasteiger charge is -2.15. The zero-order valence-electron chi connectivity index (χ0n) is 19.2. The molecular formula is C23H34IN3O4. The highest BCUT2D eigenvalue weighted by atomic mass is 127. The predicted molar refractivity (Wildman–Crippen MR) is 137 cm³/mol. The minimum absolute atomic E-state index is 0. The van der Waals surface area contributed by atoms with E-state index in [1.54, 1.807) is 21.3 Å². The monoisotopic (exact) mass is 543 g/mol. The van der Waals surface area contributed by atoms with Crippen molar-refractivity contribution >= 4 is 35.6 Å². The summed E-state index contributed by atoms with van der Waals surface area (Å²) in [7, 11) is 4.80. The zero-order valence-corrected chi connectivity index (χ0v) is 21.5. The number of halogens is 1. The molecule has 0 bridgehead atoms. The van der Waals surface area contributed by atoms with Crippen LogP contribution in [0.25, 0.3) is 0 Å². The quantitative estimate of drug-likeness (QED) is 0.247. The number of nitrogens with zero attached hydrogens (tertiary/aromatic N) is 1. The number of hydrogen-bond acceptors (Lipinski definition) is 5. The highest BCUT2D eigenvalue weighted by Gasteiger charge is 2.13. The van der Waals surface area contributed by atoms with Gasteiger partial charge in [-0.25, -0.2) is 4.99 Å². The Kier molecular flexibility index (Phi) is 11.9. The summed E-state index contributed by atoms with van der Waals surface area (Å²) >= 11 is 0. The van der Waals surface area contributed by atoms with Crippen LogP contribution in [0.2, 0.25) is 0 Å². The van der Waals surface area contributed by atoms with Crippen LogP contribution in [-0.4, -0.2) is 39.9 Å². The molecule has 0 heterocycles. The Morgan fingerprint density at radius 1 is 0.968 bits per heavy atom. The molecular weight excluding hydrogens is 509 g/mol. The first kappa shape index (κ1) is 26.7. The van der Waals surface area contributed by atoms with Gasteiger partial charge in [0, 0.05) is 12.2 Å². The summed E-state index contributed by atoms with van der Waals surface area (Å²) in [6.45, 7) is 7.39. The molecule has 0 unspecified atom stereocenters. The highest BCUT2D eigenvalue weighted by molar-refractivity contribution is 14.0. The lowest BCUT2D eigenvalue weighted by atomic mass is 10.2. The van der Waals surface area contributed by atoms with E-state index < -0.39 is 0 Å². The van der Waals surface area contributed by atoms with Crippen molar-refractivity contribution in [3.8, 4) is 23.0 Å². The van der Waals surface area contributed by atoms with E-state index in [2.05, 4.69) is 17.6 Å². The topological polar surface area (TPSA) is 73.3 Å². The summed E-state index contributed by atoms with van der Waals surface area (Å²) in [5.41, 5.74) is 1.88. The molecule has 0 aromatic heterocycles. The normalized spacial score (nSPS) is 10.9. The Morgan fingerprint density at radius 2 is 1.58 bits per heavy atom. The zero-order chi connectivity index (χ0) is 21.9. The first-order chi connectivity index (χ1) is 14.5. The number of guanidine groups is 1. The van der Waals surface area contributed by atoms with Gasteiger partial charge in [-0.3, -0.25) is 0 Å². The van der Waals surface area contributed by atoms with Gasteiger partial charge in [0.15, 0.2) is 17.5 Å². The third-order valence-electron chi connectivity index (χ3n) is 4.18. The molecule has 0 atom stereocenters. The number of rotatable bonds is 10. The van der Waals surface area contributed by atoms with Crippen LogP contribution >= 0.6 is 24.0 Å². The number of benzene rings is 2. The second kappa shape index (κ2) is 13.8. The molecule has 2 N–H and O–H groups in total. The predicted octanol–water partition coefficient (Wildman–Crippen LogP) is 5.09. The van der Waals surface area contributed by atoms with Gasteiger partial charge in [-0.1, -0.05) is 6.92 Å². The molecule has 2 rings (SSSR count). The molecule has 0 saturated carbocycles. The molecule has 0 radical (unpaired) electrons. The third kappa shape index (κ3) is 8.35. The van der Waals surface area contributed by atoms with Gasteiger partial charge in [0.2, 0.25) is 5.75 Å². The number of nitrogens with one attached hydrogen (secondary N) is 2. The second-order valence-corrected chi connectivity index (χ2v) is 6.94. The largest absolute Gasteiger partial charge is 0.493 e. The standard InChI is InChI=1S/C23H33N3O4.HI/c1-7-12-24-23(26-18-8-10-19(11-9-18)30-16(2)3)25-15-17-13-20(27-4)22(29-6)21(14-17)28-5;/h8-11,13-14,16H,7,12,15H2,1-6H3,(H2,24,25,26);1H. The number of ether oxygens (including phenoxy) is 4. The maximum atomic E-state index is 5.70. The summed E-state index contributed by atoms with van der Waals surface area (Å²) in [4.78, 5) is 4.72. The van der Waals surface area contributed by atoms with Gasteiger partial charge < -0.3 is 29.6 Å². The fourth-order valence-electron chi connectivity index (χ4n) is 2.81. The van der Waals surface area contributed by atoms with Crippen molar-refractivity contribution in [1.82, 2.24) is 5.32 Å². The average molecular weight is 543 g/mol. The summed E-state index contributed by atoms with van der Waals surface area (Å²) in [5, 5.41) is 6.68. The van der Waals surface area contributed by atoms with Crippen LogP contribution in [0.4, 0.5) is 5.69 Å². The van der Waals surface area contributed by atoms with Crippen molar-refractivity contribution < 1.29 is 18.9 Å². The Bertz CT molecular complexity index is 801. The molecule has 0 aliphatic heterocycles. The molecule has 172 valence electrons. The molecule has 0 amide bonds. The molecule has 0 spiro atoms. The van der Waals surface area contributed by atoms with E-state index in [-0.39, 0.29) is 30.1 Å². The van der Waals surface area contributed by atoms with Crippen molar-refractivity contribution in [3.63, 3.8) is 0 Å². The van der Waals surface area contributed by atoms with E-state index in [1.165, 1.54) is 0 Å². The van der Waals surface area contributed by atoms with Crippen LogP contribution in [0.15, 0.2) is 41.4 Å². The lowest BCUT2D eigenvalue weighted by molar-refractivity contribution is 0.242. The maximum absolute atomic E-state index is 5.70. The van der Waals surface area contributed by atoms with Crippen LogP contribution in [0, 0.1) is 0 Å². The van der Waals surface area contributed by atoms with Crippen LogP contribution < -0.4 is 29.6 Å². The number of anilines is 1.